The van der Waals surface area contributed by atoms with Gasteiger partial charge in [0.15, 0.2) is 0 Å². The van der Waals surface area contributed by atoms with Gasteiger partial charge >= 0.3 is 0 Å². The molecule has 0 saturated carbocycles. The molecule has 0 unspecified atom stereocenters. The molecule has 0 spiro atoms. The second-order valence-corrected chi connectivity index (χ2v) is 9.17. The summed E-state index contributed by atoms with van der Waals surface area (Å²) in [5.74, 6) is -1.18. The molecule has 3 aromatic carbocycles. The fourth-order valence-corrected chi connectivity index (χ4v) is 4.21. The minimum atomic E-state index is -0.851. The van der Waals surface area contributed by atoms with Crippen LogP contribution < -0.4 is 5.32 Å². The number of amides is 2. The topological polar surface area (TPSA) is 49.4 Å². The van der Waals surface area contributed by atoms with Crippen molar-refractivity contribution in [3.05, 3.63) is 105 Å². The first-order valence-corrected chi connectivity index (χ1v) is 11.8. The molecule has 178 valence electrons. The number of nitrogens with zero attached hydrogens (tertiary/aromatic N) is 1. The van der Waals surface area contributed by atoms with Gasteiger partial charge in [0.1, 0.15) is 11.9 Å². The van der Waals surface area contributed by atoms with Crippen molar-refractivity contribution >= 4 is 35.0 Å². The average molecular weight is 501 g/mol. The Labute approximate surface area is 209 Å². The number of hydrogen-bond donors (Lipinski definition) is 1. The highest BCUT2D eigenvalue weighted by molar-refractivity contribution is 6.36. The van der Waals surface area contributed by atoms with Crippen LogP contribution in [0.5, 0.6) is 0 Å². The third kappa shape index (κ3) is 6.81. The Balaban J connectivity index is 2.03. The van der Waals surface area contributed by atoms with Crippen molar-refractivity contribution in [3.63, 3.8) is 0 Å². The minimum absolute atomic E-state index is 0.00874. The molecule has 3 aromatic rings. The lowest BCUT2D eigenvalue weighted by Crippen LogP contribution is -2.52. The molecule has 0 radical (unpaired) electrons. The summed E-state index contributed by atoms with van der Waals surface area (Å²) >= 11 is 12.8. The molecule has 0 saturated heterocycles. The second kappa shape index (κ2) is 12.0. The van der Waals surface area contributed by atoms with Crippen molar-refractivity contribution in [1.29, 1.82) is 0 Å². The predicted octanol–water partition coefficient (Wildman–Crippen LogP) is 5.84. The highest BCUT2D eigenvalue weighted by atomic mass is 35.5. The molecule has 1 atom stereocenters. The Kier molecular flexibility index (Phi) is 9.08. The summed E-state index contributed by atoms with van der Waals surface area (Å²) in [5.41, 5.74) is 1.67. The maximum Gasteiger partial charge on any atom is 0.243 e. The van der Waals surface area contributed by atoms with Gasteiger partial charge in [-0.1, -0.05) is 77.8 Å². The Hall–Kier alpha value is -2.89. The molecule has 3 rings (SSSR count). The van der Waals surface area contributed by atoms with Crippen LogP contribution in [-0.2, 0) is 29.0 Å². The zero-order valence-corrected chi connectivity index (χ0v) is 20.6. The van der Waals surface area contributed by atoms with Gasteiger partial charge in [-0.05, 0) is 43.2 Å². The fraction of sp³-hybridized carbons (Fsp3) is 0.259. The van der Waals surface area contributed by atoms with E-state index in [1.165, 1.54) is 11.0 Å². The smallest absolute Gasteiger partial charge is 0.243 e. The summed E-state index contributed by atoms with van der Waals surface area (Å²) in [6.07, 6.45) is 0.0828. The van der Waals surface area contributed by atoms with Crippen molar-refractivity contribution in [2.45, 2.75) is 45.3 Å². The van der Waals surface area contributed by atoms with E-state index < -0.39 is 17.8 Å². The minimum Gasteiger partial charge on any atom is -0.352 e. The van der Waals surface area contributed by atoms with E-state index in [1.54, 1.807) is 36.4 Å². The van der Waals surface area contributed by atoms with Crippen LogP contribution >= 0.6 is 23.2 Å². The zero-order valence-electron chi connectivity index (χ0n) is 19.1. The van der Waals surface area contributed by atoms with Gasteiger partial charge in [-0.25, -0.2) is 4.39 Å². The van der Waals surface area contributed by atoms with E-state index in [2.05, 4.69) is 5.32 Å². The Morgan fingerprint density at radius 2 is 1.53 bits per heavy atom. The van der Waals surface area contributed by atoms with Crippen molar-refractivity contribution in [1.82, 2.24) is 10.2 Å². The van der Waals surface area contributed by atoms with Crippen LogP contribution in [0.1, 0.15) is 30.5 Å². The van der Waals surface area contributed by atoms with Crippen LogP contribution in [0, 0.1) is 5.82 Å². The van der Waals surface area contributed by atoms with Gasteiger partial charge in [0, 0.05) is 34.6 Å². The maximum atomic E-state index is 14.4. The first-order chi connectivity index (χ1) is 16.3. The van der Waals surface area contributed by atoms with Gasteiger partial charge in [-0.2, -0.15) is 0 Å². The standard InChI is InChI=1S/C27H27Cl2FN2O2/c1-18(2)31-27(34)25(15-19-9-4-3-5-10-19)32(17-21-22(28)12-8-13-23(21)29)26(33)16-20-11-6-7-14-24(20)30/h3-14,18,25H,15-17H2,1-2H3,(H,31,34)/t25-/m0/s1. The molecule has 0 fully saturated rings. The Morgan fingerprint density at radius 1 is 0.912 bits per heavy atom. The van der Waals surface area contributed by atoms with Gasteiger partial charge in [0.05, 0.1) is 6.42 Å². The van der Waals surface area contributed by atoms with Crippen molar-refractivity contribution in [3.8, 4) is 0 Å². The number of hydrogen-bond acceptors (Lipinski definition) is 2. The summed E-state index contributed by atoms with van der Waals surface area (Å²) < 4.78 is 14.4. The molecule has 1 N–H and O–H groups in total. The van der Waals surface area contributed by atoms with Gasteiger partial charge in [0.2, 0.25) is 11.8 Å². The Bertz CT molecular complexity index is 1120. The molecule has 4 nitrogen and oxygen atoms in total. The van der Waals surface area contributed by atoms with Crippen LogP contribution in [0.25, 0.3) is 0 Å². The molecular weight excluding hydrogens is 474 g/mol. The lowest BCUT2D eigenvalue weighted by atomic mass is 10.0. The summed E-state index contributed by atoms with van der Waals surface area (Å²) in [6, 6.07) is 19.7. The number of rotatable bonds is 9. The quantitative estimate of drug-likeness (QED) is 0.401. The molecule has 0 aliphatic carbocycles. The van der Waals surface area contributed by atoms with E-state index in [1.807, 2.05) is 44.2 Å². The summed E-state index contributed by atoms with van der Waals surface area (Å²) in [5, 5.41) is 3.69. The van der Waals surface area contributed by atoms with Crippen LogP contribution in [-0.4, -0.2) is 28.8 Å². The van der Waals surface area contributed by atoms with E-state index in [4.69, 9.17) is 23.2 Å². The van der Waals surface area contributed by atoms with E-state index in [0.29, 0.717) is 15.6 Å². The fourth-order valence-electron chi connectivity index (χ4n) is 3.69. The first-order valence-electron chi connectivity index (χ1n) is 11.1. The van der Waals surface area contributed by atoms with Crippen molar-refractivity contribution < 1.29 is 14.0 Å². The molecule has 0 bridgehead atoms. The second-order valence-electron chi connectivity index (χ2n) is 8.36. The molecule has 34 heavy (non-hydrogen) atoms. The van der Waals surface area contributed by atoms with E-state index in [9.17, 15) is 14.0 Å². The van der Waals surface area contributed by atoms with Gasteiger partial charge in [-0.3, -0.25) is 9.59 Å². The lowest BCUT2D eigenvalue weighted by Gasteiger charge is -2.32. The normalized spacial score (nSPS) is 11.8. The van der Waals surface area contributed by atoms with Gasteiger partial charge in [-0.15, -0.1) is 0 Å². The highest BCUT2D eigenvalue weighted by Crippen LogP contribution is 2.27. The third-order valence-corrected chi connectivity index (χ3v) is 6.10. The number of benzene rings is 3. The van der Waals surface area contributed by atoms with E-state index in [0.717, 1.165) is 5.56 Å². The monoisotopic (exact) mass is 500 g/mol. The van der Waals surface area contributed by atoms with Crippen molar-refractivity contribution in [2.75, 3.05) is 0 Å². The number of carbonyl (C=O) groups excluding carboxylic acids is 2. The molecule has 0 aliphatic rings. The highest BCUT2D eigenvalue weighted by Gasteiger charge is 2.32. The summed E-state index contributed by atoms with van der Waals surface area (Å²) in [7, 11) is 0. The molecular formula is C27H27Cl2FN2O2. The van der Waals surface area contributed by atoms with Crippen LogP contribution in [0.2, 0.25) is 10.0 Å². The first kappa shape index (κ1) is 25.7. The number of nitrogens with one attached hydrogen (secondary N) is 1. The average Bonchev–Trinajstić information content (AvgIpc) is 2.79. The van der Waals surface area contributed by atoms with Crippen LogP contribution in [0.4, 0.5) is 4.39 Å². The molecule has 7 heteroatoms. The SMILES string of the molecule is CC(C)NC(=O)[C@H](Cc1ccccc1)N(Cc1c(Cl)cccc1Cl)C(=O)Cc1ccccc1F. The van der Waals surface area contributed by atoms with Crippen LogP contribution in [0.3, 0.4) is 0 Å². The van der Waals surface area contributed by atoms with Gasteiger partial charge < -0.3 is 10.2 Å². The number of carbonyl (C=O) groups is 2. The summed E-state index contributed by atoms with van der Waals surface area (Å²) in [4.78, 5) is 28.4. The third-order valence-electron chi connectivity index (χ3n) is 5.39. The van der Waals surface area contributed by atoms with Crippen LogP contribution in [0.15, 0.2) is 72.8 Å². The van der Waals surface area contributed by atoms with E-state index in [-0.39, 0.29) is 36.9 Å². The Morgan fingerprint density at radius 3 is 2.15 bits per heavy atom. The molecule has 0 aromatic heterocycles. The predicted molar refractivity (Wildman–Crippen MR) is 134 cm³/mol. The number of halogens is 3. The van der Waals surface area contributed by atoms with Crippen molar-refractivity contribution in [2.24, 2.45) is 0 Å². The van der Waals surface area contributed by atoms with E-state index >= 15 is 0 Å². The molecule has 0 heterocycles. The molecule has 2 amide bonds. The lowest BCUT2D eigenvalue weighted by molar-refractivity contribution is -0.141. The zero-order chi connectivity index (χ0) is 24.7. The molecule has 0 aliphatic heterocycles. The largest absolute Gasteiger partial charge is 0.352 e. The summed E-state index contributed by atoms with van der Waals surface area (Å²) in [6.45, 7) is 3.72. The van der Waals surface area contributed by atoms with Gasteiger partial charge in [0.25, 0.3) is 0 Å². The maximum absolute atomic E-state index is 14.4.